The first-order valence-corrected chi connectivity index (χ1v) is 15.2. The van der Waals surface area contributed by atoms with Crippen molar-refractivity contribution in [2.45, 2.75) is 38.4 Å². The van der Waals surface area contributed by atoms with Gasteiger partial charge in [-0.1, -0.05) is 37.6 Å². The van der Waals surface area contributed by atoms with E-state index in [1.54, 1.807) is 38.1 Å². The summed E-state index contributed by atoms with van der Waals surface area (Å²) in [6, 6.07) is 12.9. The minimum atomic E-state index is -4.61. The Morgan fingerprint density at radius 1 is 0.878 bits per heavy atom. The number of nitrogens with one attached hydrogen (secondary N) is 5. The summed E-state index contributed by atoms with van der Waals surface area (Å²) in [6.07, 6.45) is -0.701. The van der Waals surface area contributed by atoms with Gasteiger partial charge in [-0.05, 0) is 60.2 Å². The molecule has 0 atom stereocenters. The number of halogens is 4. The molecule has 19 heteroatoms. The summed E-state index contributed by atoms with van der Waals surface area (Å²) in [5.74, 6) is -2.26. The van der Waals surface area contributed by atoms with Crippen LogP contribution in [0.25, 0.3) is 0 Å². The third-order valence-electron chi connectivity index (χ3n) is 7.19. The van der Waals surface area contributed by atoms with E-state index in [1.165, 1.54) is 24.8 Å². The van der Waals surface area contributed by atoms with Gasteiger partial charge >= 0.3 is 24.0 Å². The summed E-state index contributed by atoms with van der Waals surface area (Å²) in [7, 11) is 0. The highest BCUT2D eigenvalue weighted by atomic mass is 35.5. The van der Waals surface area contributed by atoms with Crippen molar-refractivity contribution in [1.82, 2.24) is 40.5 Å². The largest absolute Gasteiger partial charge is 0.454 e. The Labute approximate surface area is 282 Å². The van der Waals surface area contributed by atoms with Crippen molar-refractivity contribution in [3.8, 4) is 6.01 Å². The van der Waals surface area contributed by atoms with Crippen molar-refractivity contribution in [2.24, 2.45) is 5.41 Å². The van der Waals surface area contributed by atoms with Crippen molar-refractivity contribution in [3.05, 3.63) is 77.3 Å². The number of aromatic nitrogens is 6. The van der Waals surface area contributed by atoms with Gasteiger partial charge in [0.2, 0.25) is 11.9 Å². The predicted molar refractivity (Wildman–Crippen MR) is 171 cm³/mol. The van der Waals surface area contributed by atoms with Gasteiger partial charge in [0.25, 0.3) is 5.91 Å². The van der Waals surface area contributed by atoms with E-state index in [-0.39, 0.29) is 25.0 Å². The zero-order chi connectivity index (χ0) is 35.2. The SMILES string of the molecule is CC(C)(CNC(=O)C(=O)Nn1cnnc1)CNC(=O)c1ccc(Nc2nc(NC3(c4ccc(Cl)cc4)CC3)nc(OCC(F)(F)F)n2)cc1. The maximum absolute atomic E-state index is 12.9. The molecule has 49 heavy (non-hydrogen) atoms. The lowest BCUT2D eigenvalue weighted by molar-refractivity contribution is -0.154. The smallest absolute Gasteiger partial charge is 0.422 e. The Hall–Kier alpha value is -5.52. The first-order valence-electron chi connectivity index (χ1n) is 14.8. The Kier molecular flexibility index (Phi) is 10.2. The van der Waals surface area contributed by atoms with Gasteiger partial charge in [0.15, 0.2) is 6.61 Å². The number of carbonyl (C=O) groups excluding carboxylic acids is 3. The normalized spacial score (nSPS) is 13.6. The van der Waals surface area contributed by atoms with Crippen LogP contribution in [-0.4, -0.2) is 73.4 Å². The van der Waals surface area contributed by atoms with Crippen LogP contribution >= 0.6 is 11.6 Å². The fourth-order valence-corrected chi connectivity index (χ4v) is 4.54. The standard InChI is InChI=1S/C30H31ClF3N11O4/c1-28(2,14-36-23(47)24(48)44-45-16-37-38-17-45)13-35-22(46)18-3-9-21(10-4-18)39-25-40-26(42-27(41-25)49-15-30(32,33)34)43-29(11-12-29)19-5-7-20(31)8-6-19/h3-10,16-17H,11-15H2,1-2H3,(H,35,46)(H,36,47)(H,44,48)(H2,39,40,41,42,43). The molecule has 0 unspecified atom stereocenters. The van der Waals surface area contributed by atoms with Crippen molar-refractivity contribution in [3.63, 3.8) is 0 Å². The van der Waals surface area contributed by atoms with E-state index in [2.05, 4.69) is 51.8 Å². The molecule has 0 spiro atoms. The van der Waals surface area contributed by atoms with Crippen LogP contribution in [0.2, 0.25) is 5.02 Å². The number of ether oxygens (including phenoxy) is 1. The van der Waals surface area contributed by atoms with Crippen LogP contribution in [0.15, 0.2) is 61.2 Å². The minimum absolute atomic E-state index is 0.00746. The molecule has 0 saturated heterocycles. The molecule has 1 fully saturated rings. The van der Waals surface area contributed by atoms with Crippen LogP contribution in [0.4, 0.5) is 30.8 Å². The summed E-state index contributed by atoms with van der Waals surface area (Å²) in [5.41, 5.74) is 2.80. The zero-order valence-electron chi connectivity index (χ0n) is 26.1. The van der Waals surface area contributed by atoms with Gasteiger partial charge in [-0.25, -0.2) is 4.68 Å². The number of rotatable bonds is 13. The summed E-state index contributed by atoms with van der Waals surface area (Å²) in [6.45, 7) is 2.25. The van der Waals surface area contributed by atoms with E-state index in [9.17, 15) is 27.6 Å². The molecule has 2 aromatic heterocycles. The molecule has 2 heterocycles. The molecule has 1 saturated carbocycles. The second-order valence-corrected chi connectivity index (χ2v) is 12.4. The van der Waals surface area contributed by atoms with E-state index in [0.717, 1.165) is 23.1 Å². The number of benzene rings is 2. The van der Waals surface area contributed by atoms with Gasteiger partial charge in [-0.15, -0.1) is 10.2 Å². The molecule has 0 radical (unpaired) electrons. The van der Waals surface area contributed by atoms with Crippen LogP contribution < -0.4 is 31.4 Å². The van der Waals surface area contributed by atoms with E-state index in [4.69, 9.17) is 16.3 Å². The maximum atomic E-state index is 12.9. The second-order valence-electron chi connectivity index (χ2n) is 11.9. The Bertz CT molecular complexity index is 1780. The molecular weight excluding hydrogens is 671 g/mol. The first-order chi connectivity index (χ1) is 23.2. The number of anilines is 3. The molecular formula is C30H31ClF3N11O4. The lowest BCUT2D eigenvalue weighted by atomic mass is 9.93. The van der Waals surface area contributed by atoms with Gasteiger partial charge in [-0.3, -0.25) is 19.8 Å². The summed E-state index contributed by atoms with van der Waals surface area (Å²) >= 11 is 6.02. The van der Waals surface area contributed by atoms with Gasteiger partial charge in [0.05, 0.1) is 5.54 Å². The summed E-state index contributed by atoms with van der Waals surface area (Å²) in [5, 5.41) is 19.0. The second kappa shape index (κ2) is 14.3. The molecule has 4 aromatic rings. The minimum Gasteiger partial charge on any atom is -0.454 e. The fraction of sp³-hybridized carbons (Fsp3) is 0.333. The van der Waals surface area contributed by atoms with Crippen LogP contribution in [-0.2, 0) is 15.1 Å². The molecule has 1 aliphatic carbocycles. The van der Waals surface area contributed by atoms with Gasteiger partial charge in [-0.2, -0.15) is 28.1 Å². The Morgan fingerprint density at radius 2 is 1.51 bits per heavy atom. The van der Waals surface area contributed by atoms with Crippen LogP contribution in [0, 0.1) is 5.41 Å². The van der Waals surface area contributed by atoms with E-state index < -0.39 is 47.5 Å². The lowest BCUT2D eigenvalue weighted by Gasteiger charge is -2.25. The third-order valence-corrected chi connectivity index (χ3v) is 7.44. The van der Waals surface area contributed by atoms with E-state index in [1.807, 2.05) is 12.1 Å². The number of hydrogen-bond donors (Lipinski definition) is 5. The van der Waals surface area contributed by atoms with E-state index >= 15 is 0 Å². The molecule has 15 nitrogen and oxygen atoms in total. The Balaban J connectivity index is 1.19. The highest BCUT2D eigenvalue weighted by molar-refractivity contribution is 6.38. The molecule has 5 rings (SSSR count). The maximum Gasteiger partial charge on any atom is 0.422 e. The van der Waals surface area contributed by atoms with Crippen LogP contribution in [0.5, 0.6) is 6.01 Å². The quantitative estimate of drug-likeness (QED) is 0.128. The van der Waals surface area contributed by atoms with Gasteiger partial charge in [0.1, 0.15) is 12.7 Å². The van der Waals surface area contributed by atoms with Crippen molar-refractivity contribution in [2.75, 3.05) is 35.8 Å². The average molecular weight is 702 g/mol. The molecule has 2 aromatic carbocycles. The third kappa shape index (κ3) is 9.99. The highest BCUT2D eigenvalue weighted by Gasteiger charge is 2.45. The summed E-state index contributed by atoms with van der Waals surface area (Å²) < 4.78 is 44.7. The molecule has 3 amide bonds. The fourth-order valence-electron chi connectivity index (χ4n) is 4.42. The number of carbonyl (C=O) groups is 3. The first kappa shape index (κ1) is 34.8. The summed E-state index contributed by atoms with van der Waals surface area (Å²) in [4.78, 5) is 49.4. The average Bonchev–Trinajstić information content (AvgIpc) is 3.64. The predicted octanol–water partition coefficient (Wildman–Crippen LogP) is 3.54. The van der Waals surface area contributed by atoms with Crippen molar-refractivity contribution < 1.29 is 32.3 Å². The molecule has 0 aliphatic heterocycles. The molecule has 258 valence electrons. The topological polar surface area (TPSA) is 190 Å². The molecule has 5 N–H and O–H groups in total. The van der Waals surface area contributed by atoms with E-state index in [0.29, 0.717) is 16.3 Å². The van der Waals surface area contributed by atoms with Crippen molar-refractivity contribution >= 4 is 46.9 Å². The number of amides is 3. The van der Waals surface area contributed by atoms with Crippen molar-refractivity contribution in [1.29, 1.82) is 0 Å². The lowest BCUT2D eigenvalue weighted by Crippen LogP contribution is -2.45. The Morgan fingerprint density at radius 3 is 2.14 bits per heavy atom. The molecule has 1 aliphatic rings. The van der Waals surface area contributed by atoms with Crippen LogP contribution in [0.3, 0.4) is 0 Å². The number of nitrogens with zero attached hydrogens (tertiary/aromatic N) is 6. The number of hydrogen-bond acceptors (Lipinski definition) is 11. The van der Waals surface area contributed by atoms with Crippen LogP contribution in [0.1, 0.15) is 42.6 Å². The molecule has 0 bridgehead atoms. The van der Waals surface area contributed by atoms with Gasteiger partial charge in [0, 0.05) is 29.4 Å². The highest BCUT2D eigenvalue weighted by Crippen LogP contribution is 2.48. The van der Waals surface area contributed by atoms with Gasteiger partial charge < -0.3 is 26.0 Å². The monoisotopic (exact) mass is 701 g/mol. The zero-order valence-corrected chi connectivity index (χ0v) is 26.9. The number of alkyl halides is 3.